The van der Waals surface area contributed by atoms with Gasteiger partial charge >= 0.3 is 0 Å². The summed E-state index contributed by atoms with van der Waals surface area (Å²) in [5, 5.41) is 1.33. The maximum Gasteiger partial charge on any atom is 0.253 e. The fraction of sp³-hybridized carbons (Fsp3) is 0.278. The molecule has 5 heteroatoms. The lowest BCUT2D eigenvalue weighted by Gasteiger charge is -2.32. The van der Waals surface area contributed by atoms with Crippen LogP contribution < -0.4 is 4.74 Å². The molecule has 1 heterocycles. The zero-order valence-corrected chi connectivity index (χ0v) is 14.1. The van der Waals surface area contributed by atoms with Gasteiger partial charge in [0.25, 0.3) is 5.91 Å². The summed E-state index contributed by atoms with van der Waals surface area (Å²) in [5.41, 5.74) is 0.673. The highest BCUT2D eigenvalue weighted by molar-refractivity contribution is 6.30. The number of carbonyl (C=O) groups is 1. The zero-order valence-electron chi connectivity index (χ0n) is 12.5. The molecule has 0 unspecified atom stereocenters. The topological polar surface area (TPSA) is 29.5 Å². The van der Waals surface area contributed by atoms with Crippen molar-refractivity contribution >= 4 is 29.1 Å². The predicted molar refractivity (Wildman–Crippen MR) is 92.5 cm³/mol. The molecule has 1 saturated heterocycles. The number of amides is 1. The van der Waals surface area contributed by atoms with E-state index >= 15 is 0 Å². The summed E-state index contributed by atoms with van der Waals surface area (Å²) in [6, 6.07) is 14.4. The fourth-order valence-corrected chi connectivity index (χ4v) is 2.91. The van der Waals surface area contributed by atoms with Gasteiger partial charge in [-0.2, -0.15) is 0 Å². The van der Waals surface area contributed by atoms with Gasteiger partial charge < -0.3 is 9.64 Å². The van der Waals surface area contributed by atoms with Crippen molar-refractivity contribution < 1.29 is 9.53 Å². The summed E-state index contributed by atoms with van der Waals surface area (Å²) < 4.78 is 5.95. The van der Waals surface area contributed by atoms with E-state index in [9.17, 15) is 4.79 Å². The number of halogens is 2. The average Bonchev–Trinajstić information content (AvgIpc) is 2.58. The van der Waals surface area contributed by atoms with Crippen molar-refractivity contribution in [3.05, 3.63) is 64.1 Å². The van der Waals surface area contributed by atoms with E-state index in [1.807, 2.05) is 29.2 Å². The van der Waals surface area contributed by atoms with Crippen LogP contribution in [-0.4, -0.2) is 30.0 Å². The molecule has 0 aliphatic carbocycles. The van der Waals surface area contributed by atoms with E-state index in [0.717, 1.165) is 18.6 Å². The molecule has 1 aliphatic rings. The lowest BCUT2D eigenvalue weighted by Crippen LogP contribution is -2.41. The third kappa shape index (κ3) is 4.18. The minimum Gasteiger partial charge on any atom is -0.490 e. The molecule has 120 valence electrons. The molecular weight excluding hydrogens is 333 g/mol. The Morgan fingerprint density at radius 3 is 2.00 bits per heavy atom. The average molecular weight is 350 g/mol. The molecular formula is C18H17Cl2NO2. The van der Waals surface area contributed by atoms with Crippen LogP contribution in [0.2, 0.25) is 10.0 Å². The molecule has 3 rings (SSSR count). The Morgan fingerprint density at radius 2 is 1.43 bits per heavy atom. The number of ether oxygens (including phenoxy) is 1. The smallest absolute Gasteiger partial charge is 0.253 e. The number of benzene rings is 2. The first kappa shape index (κ1) is 16.2. The highest BCUT2D eigenvalue weighted by Gasteiger charge is 2.24. The Bertz CT molecular complexity index is 662. The molecule has 0 aromatic heterocycles. The van der Waals surface area contributed by atoms with Gasteiger partial charge in [0, 0.05) is 41.5 Å². The molecule has 23 heavy (non-hydrogen) atoms. The molecule has 2 aromatic carbocycles. The number of carbonyl (C=O) groups excluding carboxylic acids is 1. The molecule has 0 saturated carbocycles. The van der Waals surface area contributed by atoms with Gasteiger partial charge in [0.2, 0.25) is 0 Å². The van der Waals surface area contributed by atoms with E-state index in [1.165, 1.54) is 0 Å². The number of rotatable bonds is 3. The van der Waals surface area contributed by atoms with Crippen LogP contribution in [0.3, 0.4) is 0 Å². The van der Waals surface area contributed by atoms with Gasteiger partial charge in [-0.05, 0) is 48.5 Å². The van der Waals surface area contributed by atoms with Gasteiger partial charge in [-0.15, -0.1) is 0 Å². The van der Waals surface area contributed by atoms with Crippen molar-refractivity contribution in [2.24, 2.45) is 0 Å². The zero-order chi connectivity index (χ0) is 16.2. The van der Waals surface area contributed by atoms with E-state index in [1.54, 1.807) is 24.3 Å². The van der Waals surface area contributed by atoms with Gasteiger partial charge in [0.05, 0.1) is 0 Å². The molecule has 0 N–H and O–H groups in total. The van der Waals surface area contributed by atoms with Crippen LogP contribution in [0.5, 0.6) is 5.75 Å². The Labute approximate surface area is 145 Å². The van der Waals surface area contributed by atoms with Crippen LogP contribution in [0.15, 0.2) is 48.5 Å². The number of hydrogen-bond donors (Lipinski definition) is 0. The molecule has 0 bridgehead atoms. The van der Waals surface area contributed by atoms with Crippen LogP contribution in [0.25, 0.3) is 0 Å². The van der Waals surface area contributed by atoms with Crippen molar-refractivity contribution in [3.8, 4) is 5.75 Å². The van der Waals surface area contributed by atoms with Crippen molar-refractivity contribution in [3.63, 3.8) is 0 Å². The standard InChI is InChI=1S/C18H17Cl2NO2/c19-14-3-1-13(2-4-14)18(22)21-11-9-17(10-12-21)23-16-7-5-15(20)6-8-16/h1-8,17H,9-12H2. The summed E-state index contributed by atoms with van der Waals surface area (Å²) in [4.78, 5) is 14.3. The second-order valence-corrected chi connectivity index (χ2v) is 6.44. The summed E-state index contributed by atoms with van der Waals surface area (Å²) >= 11 is 11.7. The maximum atomic E-state index is 12.4. The van der Waals surface area contributed by atoms with Crippen LogP contribution in [0, 0.1) is 0 Å². The highest BCUT2D eigenvalue weighted by Crippen LogP contribution is 2.22. The predicted octanol–water partition coefficient (Wildman–Crippen LogP) is 4.68. The number of piperidine rings is 1. The molecule has 1 fully saturated rings. The van der Waals surface area contributed by atoms with Crippen molar-refractivity contribution in [1.29, 1.82) is 0 Å². The molecule has 0 atom stereocenters. The quantitative estimate of drug-likeness (QED) is 0.805. The summed E-state index contributed by atoms with van der Waals surface area (Å²) in [6.45, 7) is 1.39. The van der Waals surface area contributed by atoms with Crippen LogP contribution >= 0.6 is 23.2 Å². The first-order valence-corrected chi connectivity index (χ1v) is 8.34. The largest absolute Gasteiger partial charge is 0.490 e. The molecule has 2 aromatic rings. The fourth-order valence-electron chi connectivity index (χ4n) is 2.66. The van der Waals surface area contributed by atoms with Crippen molar-refractivity contribution in [2.45, 2.75) is 18.9 Å². The molecule has 1 aliphatic heterocycles. The second kappa shape index (κ2) is 7.24. The van der Waals surface area contributed by atoms with Crippen molar-refractivity contribution in [1.82, 2.24) is 4.90 Å². The summed E-state index contributed by atoms with van der Waals surface area (Å²) in [6.07, 6.45) is 1.77. The summed E-state index contributed by atoms with van der Waals surface area (Å²) in [5.74, 6) is 0.864. The Hall–Kier alpha value is -1.71. The normalized spacial score (nSPS) is 15.5. The minimum atomic E-state index is 0.0478. The third-order valence-electron chi connectivity index (χ3n) is 3.94. The first-order valence-electron chi connectivity index (χ1n) is 7.59. The minimum absolute atomic E-state index is 0.0478. The lowest BCUT2D eigenvalue weighted by molar-refractivity contribution is 0.0595. The van der Waals surface area contributed by atoms with Crippen LogP contribution in [-0.2, 0) is 0 Å². The number of likely N-dealkylation sites (tertiary alicyclic amines) is 1. The first-order chi connectivity index (χ1) is 11.1. The Morgan fingerprint density at radius 1 is 0.913 bits per heavy atom. The van der Waals surface area contributed by atoms with Crippen LogP contribution in [0.1, 0.15) is 23.2 Å². The molecule has 1 amide bonds. The SMILES string of the molecule is O=C(c1ccc(Cl)cc1)N1CCC(Oc2ccc(Cl)cc2)CC1. The lowest BCUT2D eigenvalue weighted by atomic mass is 10.1. The third-order valence-corrected chi connectivity index (χ3v) is 4.44. The van der Waals surface area contributed by atoms with Gasteiger partial charge in [-0.1, -0.05) is 23.2 Å². The van der Waals surface area contributed by atoms with Crippen LogP contribution in [0.4, 0.5) is 0 Å². The van der Waals surface area contributed by atoms with Gasteiger partial charge in [0.1, 0.15) is 11.9 Å². The van der Waals surface area contributed by atoms with Crippen molar-refractivity contribution in [2.75, 3.05) is 13.1 Å². The van der Waals surface area contributed by atoms with E-state index in [0.29, 0.717) is 28.7 Å². The maximum absolute atomic E-state index is 12.4. The monoisotopic (exact) mass is 349 g/mol. The van der Waals surface area contributed by atoms with Gasteiger partial charge in [-0.25, -0.2) is 0 Å². The Balaban J connectivity index is 1.54. The van der Waals surface area contributed by atoms with Gasteiger partial charge in [-0.3, -0.25) is 4.79 Å². The van der Waals surface area contributed by atoms with Gasteiger partial charge in [0.15, 0.2) is 0 Å². The second-order valence-electron chi connectivity index (χ2n) is 5.57. The molecule has 3 nitrogen and oxygen atoms in total. The van der Waals surface area contributed by atoms with E-state index in [4.69, 9.17) is 27.9 Å². The molecule has 0 spiro atoms. The summed E-state index contributed by atoms with van der Waals surface area (Å²) in [7, 11) is 0. The molecule has 0 radical (unpaired) electrons. The Kier molecular flexibility index (Phi) is 5.09. The van der Waals surface area contributed by atoms with E-state index in [-0.39, 0.29) is 12.0 Å². The number of nitrogens with zero attached hydrogens (tertiary/aromatic N) is 1. The highest BCUT2D eigenvalue weighted by atomic mass is 35.5. The number of hydrogen-bond acceptors (Lipinski definition) is 2. The van der Waals surface area contributed by atoms with E-state index in [2.05, 4.69) is 0 Å². The van der Waals surface area contributed by atoms with E-state index < -0.39 is 0 Å².